The van der Waals surface area contributed by atoms with Crippen LogP contribution in [0.4, 0.5) is 13.2 Å². The number of nitrogens with zero attached hydrogens (tertiary/aromatic N) is 3. The molecule has 2 aliphatic rings. The van der Waals surface area contributed by atoms with Gasteiger partial charge in [0.05, 0.1) is 17.0 Å². The predicted octanol–water partition coefficient (Wildman–Crippen LogP) is 2.98. The molecule has 2 N–H and O–H groups in total. The largest absolute Gasteiger partial charge is 0.356 e. The first-order valence-electron chi connectivity index (χ1n) is 11.8. The lowest BCUT2D eigenvalue weighted by Crippen LogP contribution is -2.48. The molecular formula is C25H28F3N5O3. The third-order valence-electron chi connectivity index (χ3n) is 7.07. The van der Waals surface area contributed by atoms with Crippen molar-refractivity contribution in [2.75, 3.05) is 20.1 Å². The van der Waals surface area contributed by atoms with Gasteiger partial charge in [0, 0.05) is 38.0 Å². The number of likely N-dealkylation sites (tertiary alicyclic amines) is 1. The molecule has 0 bridgehead atoms. The van der Waals surface area contributed by atoms with E-state index >= 15 is 4.39 Å². The molecule has 1 aromatic heterocycles. The number of nitrogens with one attached hydrogen (secondary N) is 2. The molecular weight excluding hydrogens is 475 g/mol. The molecule has 3 amide bonds. The molecule has 1 spiro atoms. The van der Waals surface area contributed by atoms with Crippen LogP contribution in [0.15, 0.2) is 18.2 Å². The van der Waals surface area contributed by atoms with E-state index < -0.39 is 53.0 Å². The number of carbonyl (C=O) groups excluding carboxylic acids is 3. The maximum atomic E-state index is 15.1. The smallest absolute Gasteiger partial charge is 0.267 e. The lowest BCUT2D eigenvalue weighted by Gasteiger charge is -2.33. The topological polar surface area (TPSA) is 107 Å². The zero-order chi connectivity index (χ0) is 26.4. The van der Waals surface area contributed by atoms with Gasteiger partial charge in [-0.15, -0.1) is 0 Å². The molecule has 36 heavy (non-hydrogen) atoms. The number of hydrogen-bond acceptors (Lipinski definition) is 4. The number of amides is 3. The Labute approximate surface area is 206 Å². The molecule has 0 unspecified atom stereocenters. The minimum Gasteiger partial charge on any atom is -0.356 e. The first-order valence-corrected chi connectivity index (χ1v) is 11.8. The summed E-state index contributed by atoms with van der Waals surface area (Å²) >= 11 is 0. The van der Waals surface area contributed by atoms with E-state index in [9.17, 15) is 28.4 Å². The molecule has 3 heterocycles. The lowest BCUT2D eigenvalue weighted by atomic mass is 9.78. The van der Waals surface area contributed by atoms with Crippen LogP contribution in [0.5, 0.6) is 0 Å². The summed E-state index contributed by atoms with van der Waals surface area (Å²) in [5.41, 5.74) is -3.11. The van der Waals surface area contributed by atoms with E-state index in [2.05, 4.69) is 16.7 Å². The number of piperidine rings is 1. The molecule has 4 rings (SSSR count). The first-order chi connectivity index (χ1) is 16.9. The summed E-state index contributed by atoms with van der Waals surface area (Å²) in [5, 5.41) is 14.9. The van der Waals surface area contributed by atoms with Crippen LogP contribution in [0.25, 0.3) is 10.9 Å². The SMILES string of the molecule is CNC(=O)c1cc2c(F)cc(F)cc2n1[C@@H](CC(C)(C)F)C(=O)N1C[C@]2(CCCNC2=O)C[C@H]1C#N. The van der Waals surface area contributed by atoms with Gasteiger partial charge in [-0.05, 0) is 45.2 Å². The maximum absolute atomic E-state index is 15.1. The monoisotopic (exact) mass is 503 g/mol. The molecule has 192 valence electrons. The van der Waals surface area contributed by atoms with Gasteiger partial charge in [0.15, 0.2) is 0 Å². The van der Waals surface area contributed by atoms with Gasteiger partial charge >= 0.3 is 0 Å². The highest BCUT2D eigenvalue weighted by Gasteiger charge is 2.53. The summed E-state index contributed by atoms with van der Waals surface area (Å²) < 4.78 is 45.2. The van der Waals surface area contributed by atoms with E-state index in [0.29, 0.717) is 25.5 Å². The highest BCUT2D eigenvalue weighted by Crippen LogP contribution is 2.43. The van der Waals surface area contributed by atoms with Gasteiger partial charge in [0.2, 0.25) is 11.8 Å². The number of hydrogen-bond donors (Lipinski definition) is 2. The zero-order valence-corrected chi connectivity index (χ0v) is 20.3. The third-order valence-corrected chi connectivity index (χ3v) is 7.07. The lowest BCUT2D eigenvalue weighted by molar-refractivity contribution is -0.138. The standard InChI is InChI=1S/C25H28F3N5O3/c1-24(2,28)11-20(22(35)32-13-25(10-15(32)12-29)5-4-6-31-23(25)36)33-18-8-14(26)7-17(27)16(18)9-19(33)21(34)30-3/h7-9,15,20H,4-6,10-11,13H2,1-3H3,(H,30,34)(H,31,36)/t15-,20-,25-/m0/s1. The summed E-state index contributed by atoms with van der Waals surface area (Å²) in [4.78, 5) is 40.8. The second-order valence-electron chi connectivity index (χ2n) is 10.2. The Hall–Kier alpha value is -3.55. The molecule has 0 aliphatic carbocycles. The van der Waals surface area contributed by atoms with Crippen molar-refractivity contribution in [2.45, 2.75) is 57.3 Å². The Balaban J connectivity index is 1.87. The molecule has 11 heteroatoms. The molecule has 0 radical (unpaired) electrons. The Morgan fingerprint density at radius 1 is 1.33 bits per heavy atom. The van der Waals surface area contributed by atoms with Crippen LogP contribution in [0.3, 0.4) is 0 Å². The summed E-state index contributed by atoms with van der Waals surface area (Å²) in [7, 11) is 1.34. The average Bonchev–Trinajstić information content (AvgIpc) is 3.37. The minimum absolute atomic E-state index is 0.0453. The van der Waals surface area contributed by atoms with Crippen LogP contribution in [0, 0.1) is 28.4 Å². The highest BCUT2D eigenvalue weighted by molar-refractivity contribution is 6.00. The van der Waals surface area contributed by atoms with E-state index in [4.69, 9.17) is 0 Å². The van der Waals surface area contributed by atoms with Gasteiger partial charge in [0.1, 0.15) is 35.1 Å². The normalized spacial score (nSPS) is 23.0. The number of carbonyl (C=O) groups is 3. The van der Waals surface area contributed by atoms with Gasteiger partial charge in [0.25, 0.3) is 5.91 Å². The number of alkyl halides is 1. The maximum Gasteiger partial charge on any atom is 0.267 e. The van der Waals surface area contributed by atoms with Crippen LogP contribution in [-0.2, 0) is 9.59 Å². The van der Waals surface area contributed by atoms with Crippen LogP contribution in [-0.4, -0.2) is 59.0 Å². The quantitative estimate of drug-likeness (QED) is 0.654. The van der Waals surface area contributed by atoms with Crippen molar-refractivity contribution in [3.8, 4) is 6.07 Å². The van der Waals surface area contributed by atoms with Crippen molar-refractivity contribution in [1.82, 2.24) is 20.1 Å². The Kier molecular flexibility index (Phi) is 6.49. The van der Waals surface area contributed by atoms with Crippen LogP contribution < -0.4 is 10.6 Å². The number of nitriles is 1. The molecule has 2 saturated heterocycles. The number of aromatic nitrogens is 1. The van der Waals surface area contributed by atoms with E-state index in [1.54, 1.807) is 0 Å². The van der Waals surface area contributed by atoms with E-state index in [1.165, 1.54) is 31.9 Å². The molecule has 1 aromatic carbocycles. The van der Waals surface area contributed by atoms with E-state index in [-0.39, 0.29) is 35.5 Å². The molecule has 0 saturated carbocycles. The first kappa shape index (κ1) is 25.5. The van der Waals surface area contributed by atoms with Crippen molar-refractivity contribution >= 4 is 28.6 Å². The van der Waals surface area contributed by atoms with E-state index in [0.717, 1.165) is 10.6 Å². The van der Waals surface area contributed by atoms with Crippen molar-refractivity contribution in [2.24, 2.45) is 5.41 Å². The molecule has 2 aliphatic heterocycles. The zero-order valence-electron chi connectivity index (χ0n) is 20.3. The number of benzene rings is 1. The number of halogens is 3. The van der Waals surface area contributed by atoms with Gasteiger partial charge in [-0.1, -0.05) is 0 Å². The molecule has 2 fully saturated rings. The Bertz CT molecular complexity index is 1280. The predicted molar refractivity (Wildman–Crippen MR) is 124 cm³/mol. The second kappa shape index (κ2) is 9.15. The second-order valence-corrected chi connectivity index (χ2v) is 10.2. The van der Waals surface area contributed by atoms with Crippen molar-refractivity contribution in [3.63, 3.8) is 0 Å². The van der Waals surface area contributed by atoms with E-state index in [1.807, 2.05) is 0 Å². The molecule has 8 nitrogen and oxygen atoms in total. The minimum atomic E-state index is -1.93. The van der Waals surface area contributed by atoms with Crippen LogP contribution in [0.1, 0.15) is 56.1 Å². The number of fused-ring (bicyclic) bond motifs is 1. The average molecular weight is 504 g/mol. The van der Waals surface area contributed by atoms with Gasteiger partial charge < -0.3 is 20.1 Å². The summed E-state index contributed by atoms with van der Waals surface area (Å²) in [5.74, 6) is -3.49. The van der Waals surface area contributed by atoms with Gasteiger partial charge in [-0.2, -0.15) is 5.26 Å². The fraction of sp³-hybridized carbons (Fsp3) is 0.520. The van der Waals surface area contributed by atoms with Crippen molar-refractivity contribution in [1.29, 1.82) is 5.26 Å². The summed E-state index contributed by atoms with van der Waals surface area (Å²) in [6.07, 6.45) is 0.872. The summed E-state index contributed by atoms with van der Waals surface area (Å²) in [6, 6.07) is 2.55. The summed E-state index contributed by atoms with van der Waals surface area (Å²) in [6.45, 7) is 2.96. The number of rotatable bonds is 5. The molecule has 2 aromatic rings. The third kappa shape index (κ3) is 4.40. The fourth-order valence-electron chi connectivity index (χ4n) is 5.43. The Morgan fingerprint density at radius 2 is 2.06 bits per heavy atom. The molecule has 3 atom stereocenters. The van der Waals surface area contributed by atoms with Crippen molar-refractivity contribution < 1.29 is 27.6 Å². The highest BCUT2D eigenvalue weighted by atomic mass is 19.1. The van der Waals surface area contributed by atoms with Gasteiger partial charge in [-0.25, -0.2) is 13.2 Å². The van der Waals surface area contributed by atoms with Crippen LogP contribution >= 0.6 is 0 Å². The van der Waals surface area contributed by atoms with Gasteiger partial charge in [-0.3, -0.25) is 14.4 Å². The Morgan fingerprint density at radius 3 is 2.67 bits per heavy atom. The van der Waals surface area contributed by atoms with Crippen molar-refractivity contribution in [3.05, 3.63) is 35.5 Å². The van der Waals surface area contributed by atoms with Crippen LogP contribution in [0.2, 0.25) is 0 Å². The fourth-order valence-corrected chi connectivity index (χ4v) is 5.43.